The summed E-state index contributed by atoms with van der Waals surface area (Å²) >= 11 is 0. The molecule has 2 N–H and O–H groups in total. The number of aliphatic hydroxyl groups excluding tert-OH is 1. The monoisotopic (exact) mass is 354 g/mol. The number of carbonyl (C=O) groups is 1. The van der Waals surface area contributed by atoms with Crippen molar-refractivity contribution >= 4 is 15.9 Å². The van der Waals surface area contributed by atoms with E-state index in [1.165, 1.54) is 16.4 Å². The molecule has 1 aromatic carbocycles. The number of ether oxygens (including phenoxy) is 1. The molecule has 0 unspecified atom stereocenters. The fourth-order valence-corrected chi connectivity index (χ4v) is 4.51. The molecular weight excluding hydrogens is 332 g/mol. The Morgan fingerprint density at radius 1 is 1.38 bits per heavy atom. The van der Waals surface area contributed by atoms with Gasteiger partial charge in [-0.05, 0) is 31.0 Å². The third kappa shape index (κ3) is 3.46. The number of amides is 1. The Labute approximate surface area is 141 Å². The molecule has 1 saturated heterocycles. The Kier molecular flexibility index (Phi) is 4.91. The summed E-state index contributed by atoms with van der Waals surface area (Å²) in [6.45, 7) is 2.22. The van der Waals surface area contributed by atoms with Crippen LogP contribution in [0.25, 0.3) is 0 Å². The van der Waals surface area contributed by atoms with Gasteiger partial charge in [-0.3, -0.25) is 4.79 Å². The SMILES string of the molecule is CCN([C@H]1COC[C@@H]1O)S(=O)(=O)c1cccc(C(=O)NC2CC2)c1. The van der Waals surface area contributed by atoms with Crippen LogP contribution in [0.2, 0.25) is 0 Å². The highest BCUT2D eigenvalue weighted by Crippen LogP contribution is 2.24. The van der Waals surface area contributed by atoms with Crippen molar-refractivity contribution in [1.29, 1.82) is 0 Å². The van der Waals surface area contributed by atoms with Gasteiger partial charge in [-0.15, -0.1) is 0 Å². The second-order valence-corrected chi connectivity index (χ2v) is 8.05. The van der Waals surface area contributed by atoms with Gasteiger partial charge < -0.3 is 15.2 Å². The summed E-state index contributed by atoms with van der Waals surface area (Å²) in [6, 6.07) is 5.61. The van der Waals surface area contributed by atoms with Crippen LogP contribution in [0.15, 0.2) is 29.2 Å². The van der Waals surface area contributed by atoms with E-state index in [4.69, 9.17) is 4.74 Å². The van der Waals surface area contributed by atoms with Crippen molar-refractivity contribution in [2.45, 2.75) is 42.8 Å². The number of carbonyl (C=O) groups excluding carboxylic acids is 1. The zero-order valence-electron chi connectivity index (χ0n) is 13.5. The normalized spacial score (nSPS) is 24.3. The maximum Gasteiger partial charge on any atom is 0.251 e. The first-order valence-electron chi connectivity index (χ1n) is 8.12. The molecule has 1 amide bonds. The third-order valence-electron chi connectivity index (χ3n) is 4.32. The van der Waals surface area contributed by atoms with Crippen molar-refractivity contribution in [3.8, 4) is 0 Å². The molecule has 1 aromatic rings. The van der Waals surface area contributed by atoms with Gasteiger partial charge in [0.25, 0.3) is 5.91 Å². The van der Waals surface area contributed by atoms with Crippen LogP contribution in [0.4, 0.5) is 0 Å². The largest absolute Gasteiger partial charge is 0.389 e. The maximum absolute atomic E-state index is 12.9. The lowest BCUT2D eigenvalue weighted by Gasteiger charge is -2.28. The number of hydrogen-bond donors (Lipinski definition) is 2. The Morgan fingerprint density at radius 3 is 2.71 bits per heavy atom. The van der Waals surface area contributed by atoms with Crippen LogP contribution in [0.5, 0.6) is 0 Å². The van der Waals surface area contributed by atoms with Crippen LogP contribution >= 0.6 is 0 Å². The minimum Gasteiger partial charge on any atom is -0.389 e. The van der Waals surface area contributed by atoms with E-state index in [0.717, 1.165) is 12.8 Å². The summed E-state index contributed by atoms with van der Waals surface area (Å²) < 4.78 is 32.3. The number of benzene rings is 1. The summed E-state index contributed by atoms with van der Waals surface area (Å²) in [5.74, 6) is -0.262. The Hall–Kier alpha value is -1.48. The summed E-state index contributed by atoms with van der Waals surface area (Å²) in [5.41, 5.74) is 0.322. The lowest BCUT2D eigenvalue weighted by Crippen LogP contribution is -2.46. The number of nitrogens with zero attached hydrogens (tertiary/aromatic N) is 1. The molecule has 7 nitrogen and oxygen atoms in total. The third-order valence-corrected chi connectivity index (χ3v) is 6.31. The molecule has 0 bridgehead atoms. The molecular formula is C16H22N2O5S. The highest BCUT2D eigenvalue weighted by atomic mass is 32.2. The molecule has 132 valence electrons. The van der Waals surface area contributed by atoms with Crippen molar-refractivity contribution in [3.05, 3.63) is 29.8 Å². The van der Waals surface area contributed by atoms with Crippen molar-refractivity contribution < 1.29 is 23.1 Å². The number of nitrogens with one attached hydrogen (secondary N) is 1. The summed E-state index contributed by atoms with van der Waals surface area (Å²) in [4.78, 5) is 12.2. The highest BCUT2D eigenvalue weighted by molar-refractivity contribution is 7.89. The zero-order valence-corrected chi connectivity index (χ0v) is 14.3. The van der Waals surface area contributed by atoms with Gasteiger partial charge in [0.1, 0.15) is 0 Å². The van der Waals surface area contributed by atoms with Crippen molar-refractivity contribution in [3.63, 3.8) is 0 Å². The Bertz CT molecular complexity index is 717. The lowest BCUT2D eigenvalue weighted by molar-refractivity contribution is 0.0950. The molecule has 3 rings (SSSR count). The minimum absolute atomic E-state index is 0.0481. The molecule has 8 heteroatoms. The van der Waals surface area contributed by atoms with Gasteiger partial charge >= 0.3 is 0 Å². The van der Waals surface area contributed by atoms with E-state index in [-0.39, 0.29) is 36.6 Å². The van der Waals surface area contributed by atoms with Crippen molar-refractivity contribution in [2.24, 2.45) is 0 Å². The van der Waals surface area contributed by atoms with Crippen LogP contribution in [-0.2, 0) is 14.8 Å². The molecule has 2 fully saturated rings. The zero-order chi connectivity index (χ0) is 17.3. The summed E-state index contributed by atoms with van der Waals surface area (Å²) in [6.07, 6.45) is 1.08. The van der Waals surface area contributed by atoms with E-state index in [2.05, 4.69) is 5.32 Å². The van der Waals surface area contributed by atoms with Crippen LogP contribution in [0.1, 0.15) is 30.1 Å². The van der Waals surface area contributed by atoms with Gasteiger partial charge in [0.15, 0.2) is 0 Å². The van der Waals surface area contributed by atoms with Crippen molar-refractivity contribution in [2.75, 3.05) is 19.8 Å². The van der Waals surface area contributed by atoms with E-state index >= 15 is 0 Å². The van der Waals surface area contributed by atoms with E-state index in [9.17, 15) is 18.3 Å². The average Bonchev–Trinajstić information content (AvgIpc) is 3.28. The quantitative estimate of drug-likeness (QED) is 0.768. The molecule has 0 aromatic heterocycles. The van der Waals surface area contributed by atoms with Gasteiger partial charge in [-0.2, -0.15) is 4.31 Å². The van der Waals surface area contributed by atoms with Gasteiger partial charge in [0, 0.05) is 18.2 Å². The molecule has 1 aliphatic heterocycles. The lowest BCUT2D eigenvalue weighted by atomic mass is 10.2. The predicted octanol–water partition coefficient (Wildman–Crippen LogP) is 0.349. The molecule has 24 heavy (non-hydrogen) atoms. The van der Waals surface area contributed by atoms with E-state index < -0.39 is 22.2 Å². The van der Waals surface area contributed by atoms with Gasteiger partial charge in [0.05, 0.1) is 30.3 Å². The van der Waals surface area contributed by atoms with Gasteiger partial charge in [-0.1, -0.05) is 13.0 Å². The van der Waals surface area contributed by atoms with Gasteiger partial charge in [0.2, 0.25) is 10.0 Å². The first kappa shape index (κ1) is 17.3. The van der Waals surface area contributed by atoms with Crippen LogP contribution in [0, 0.1) is 0 Å². The molecule has 0 spiro atoms. The van der Waals surface area contributed by atoms with Gasteiger partial charge in [-0.25, -0.2) is 8.42 Å². The molecule has 2 atom stereocenters. The average molecular weight is 354 g/mol. The smallest absolute Gasteiger partial charge is 0.251 e. The summed E-state index contributed by atoms with van der Waals surface area (Å²) in [7, 11) is -3.82. The number of rotatable bonds is 6. The molecule has 0 radical (unpaired) electrons. The van der Waals surface area contributed by atoms with Crippen molar-refractivity contribution in [1.82, 2.24) is 9.62 Å². The topological polar surface area (TPSA) is 95.9 Å². The molecule has 2 aliphatic rings. The number of likely N-dealkylation sites (N-methyl/N-ethyl adjacent to an activating group) is 1. The fraction of sp³-hybridized carbons (Fsp3) is 0.562. The Morgan fingerprint density at radius 2 is 2.12 bits per heavy atom. The number of hydrogen-bond acceptors (Lipinski definition) is 5. The highest BCUT2D eigenvalue weighted by Gasteiger charge is 2.38. The van der Waals surface area contributed by atoms with E-state index in [1.807, 2.05) is 0 Å². The van der Waals surface area contributed by atoms with Crippen LogP contribution in [0.3, 0.4) is 0 Å². The van der Waals surface area contributed by atoms with E-state index in [1.54, 1.807) is 19.1 Å². The standard InChI is InChI=1S/C16H22N2O5S/c1-2-18(14-9-23-10-15(14)19)24(21,22)13-5-3-4-11(8-13)16(20)17-12-6-7-12/h3-5,8,12,14-15,19H,2,6-7,9-10H2,1H3,(H,17,20)/t14-,15-/m0/s1. The molecule has 1 aliphatic carbocycles. The predicted molar refractivity (Wildman–Crippen MR) is 87.1 cm³/mol. The number of aliphatic hydroxyl groups is 1. The maximum atomic E-state index is 12.9. The van der Waals surface area contributed by atoms with Crippen LogP contribution < -0.4 is 5.32 Å². The number of sulfonamides is 1. The second-order valence-electron chi connectivity index (χ2n) is 6.16. The molecule has 1 saturated carbocycles. The van der Waals surface area contributed by atoms with E-state index in [0.29, 0.717) is 5.56 Å². The fourth-order valence-electron chi connectivity index (χ4n) is 2.82. The first-order valence-corrected chi connectivity index (χ1v) is 9.56. The van der Waals surface area contributed by atoms with Crippen LogP contribution in [-0.4, -0.2) is 61.7 Å². The molecule has 1 heterocycles. The summed E-state index contributed by atoms with van der Waals surface area (Å²) in [5, 5.41) is 12.8. The second kappa shape index (κ2) is 6.79. The minimum atomic E-state index is -3.82. The first-order chi connectivity index (χ1) is 11.4. The Balaban J connectivity index is 1.86.